The van der Waals surface area contributed by atoms with Crippen LogP contribution in [-0.2, 0) is 9.53 Å². The lowest BCUT2D eigenvalue weighted by molar-refractivity contribution is -0.147. The van der Waals surface area contributed by atoms with E-state index in [0.717, 1.165) is 23.5 Å². The Bertz CT molecular complexity index is 871. The topological polar surface area (TPSA) is 92.7 Å². The summed E-state index contributed by atoms with van der Waals surface area (Å²) in [6, 6.07) is 4.85. The van der Waals surface area contributed by atoms with Crippen LogP contribution in [0.25, 0.3) is 0 Å². The summed E-state index contributed by atoms with van der Waals surface area (Å²) in [5.74, 6) is -3.35. The molecule has 0 fully saturated rings. The zero-order valence-electron chi connectivity index (χ0n) is 13.9. The smallest absolute Gasteiger partial charge is 0.331 e. The highest BCUT2D eigenvalue weighted by Crippen LogP contribution is 2.22. The molecule has 2 rings (SSSR count). The van der Waals surface area contributed by atoms with Gasteiger partial charge in [-0.3, -0.25) is 9.59 Å². The predicted octanol–water partition coefficient (Wildman–Crippen LogP) is 3.10. The first-order valence-corrected chi connectivity index (χ1v) is 9.15. The van der Waals surface area contributed by atoms with Crippen LogP contribution in [0.3, 0.4) is 0 Å². The summed E-state index contributed by atoms with van der Waals surface area (Å²) in [7, 11) is 0. The minimum Gasteiger partial charge on any atom is -0.456 e. The van der Waals surface area contributed by atoms with Gasteiger partial charge in [0.1, 0.15) is 5.82 Å². The highest BCUT2D eigenvalue weighted by atomic mass is 35.5. The lowest BCUT2D eigenvalue weighted by Crippen LogP contribution is -2.49. The lowest BCUT2D eigenvalue weighted by atomic mass is 10.1. The van der Waals surface area contributed by atoms with Crippen molar-refractivity contribution in [1.82, 2.24) is 5.32 Å². The van der Waals surface area contributed by atoms with E-state index < -0.39 is 47.8 Å². The van der Waals surface area contributed by atoms with E-state index in [-0.39, 0.29) is 5.02 Å². The van der Waals surface area contributed by atoms with Gasteiger partial charge in [-0.25, -0.2) is 9.18 Å². The number of benzene rings is 1. The molecule has 2 N–H and O–H groups in total. The van der Waals surface area contributed by atoms with Crippen molar-refractivity contribution < 1.29 is 28.6 Å². The molecule has 0 aliphatic rings. The Morgan fingerprint density at radius 3 is 2.56 bits per heavy atom. The summed E-state index contributed by atoms with van der Waals surface area (Å²) in [4.78, 5) is 36.6. The van der Waals surface area contributed by atoms with Crippen molar-refractivity contribution in [3.8, 4) is 0 Å². The minimum absolute atomic E-state index is 0.123. The average molecular weight is 434 g/mol. The molecular weight excluding hydrogens is 420 g/mol. The summed E-state index contributed by atoms with van der Waals surface area (Å²) in [5, 5.41) is 12.1. The monoisotopic (exact) mass is 433 g/mol. The Morgan fingerprint density at radius 2 is 1.96 bits per heavy atom. The van der Waals surface area contributed by atoms with Crippen LogP contribution in [0.15, 0.2) is 30.3 Å². The molecule has 0 saturated heterocycles. The van der Waals surface area contributed by atoms with Crippen LogP contribution >= 0.6 is 34.5 Å². The van der Waals surface area contributed by atoms with Crippen LogP contribution in [0.4, 0.5) is 4.39 Å². The van der Waals surface area contributed by atoms with Crippen LogP contribution in [-0.4, -0.2) is 41.5 Å². The molecule has 0 aliphatic carbocycles. The van der Waals surface area contributed by atoms with Gasteiger partial charge in [0.05, 0.1) is 20.9 Å². The third kappa shape index (κ3) is 5.74. The zero-order valence-corrected chi connectivity index (χ0v) is 16.2. The SMILES string of the molecule is C[C@H](O)[C@H](NC(=O)c1cc(Cl)ccc1F)C(=O)OCC(=O)c1ccc(Cl)s1. The maximum absolute atomic E-state index is 13.8. The summed E-state index contributed by atoms with van der Waals surface area (Å²) in [6.07, 6.45) is -1.35. The Balaban J connectivity index is 2.03. The van der Waals surface area contributed by atoms with Gasteiger partial charge < -0.3 is 15.2 Å². The summed E-state index contributed by atoms with van der Waals surface area (Å²) < 4.78 is 19.0. The molecule has 144 valence electrons. The molecule has 2 atom stereocenters. The van der Waals surface area contributed by atoms with E-state index in [2.05, 4.69) is 5.32 Å². The van der Waals surface area contributed by atoms with Gasteiger partial charge in [0.25, 0.3) is 5.91 Å². The molecule has 1 amide bonds. The average Bonchev–Trinajstić information content (AvgIpc) is 3.05. The van der Waals surface area contributed by atoms with Gasteiger partial charge in [0.2, 0.25) is 5.78 Å². The standard InChI is InChI=1S/C17H14Cl2FNO5S/c1-8(22)15(21-16(24)10-6-9(18)2-3-11(10)20)17(25)26-7-12(23)13-4-5-14(19)27-13/h2-6,8,15,22H,7H2,1H3,(H,21,24)/t8-,15-/m0/s1. The van der Waals surface area contributed by atoms with Crippen molar-refractivity contribution in [2.75, 3.05) is 6.61 Å². The predicted molar refractivity (Wildman–Crippen MR) is 99.0 cm³/mol. The zero-order chi connectivity index (χ0) is 20.1. The molecule has 1 aromatic carbocycles. The Kier molecular flexibility index (Phi) is 7.32. The van der Waals surface area contributed by atoms with E-state index in [9.17, 15) is 23.9 Å². The van der Waals surface area contributed by atoms with Gasteiger partial charge in [-0.15, -0.1) is 11.3 Å². The van der Waals surface area contributed by atoms with Gasteiger partial charge in [0.15, 0.2) is 12.6 Å². The van der Waals surface area contributed by atoms with Crippen molar-refractivity contribution in [2.24, 2.45) is 0 Å². The number of carbonyl (C=O) groups excluding carboxylic acids is 3. The number of ether oxygens (including phenoxy) is 1. The summed E-state index contributed by atoms with van der Waals surface area (Å²) >= 11 is 12.5. The Morgan fingerprint density at radius 1 is 1.26 bits per heavy atom. The van der Waals surface area contributed by atoms with Gasteiger partial charge in [0, 0.05) is 5.02 Å². The lowest BCUT2D eigenvalue weighted by Gasteiger charge is -2.20. The highest BCUT2D eigenvalue weighted by Gasteiger charge is 2.29. The quantitative estimate of drug-likeness (QED) is 0.516. The molecule has 0 bridgehead atoms. The van der Waals surface area contributed by atoms with Crippen LogP contribution < -0.4 is 5.32 Å². The second-order valence-corrected chi connectivity index (χ2v) is 7.60. The molecule has 0 radical (unpaired) electrons. The largest absolute Gasteiger partial charge is 0.456 e. The number of rotatable bonds is 7. The van der Waals surface area contributed by atoms with E-state index in [1.165, 1.54) is 25.1 Å². The number of thiophene rings is 1. The fourth-order valence-electron chi connectivity index (χ4n) is 2.03. The van der Waals surface area contributed by atoms with E-state index in [1.54, 1.807) is 0 Å². The summed E-state index contributed by atoms with van der Waals surface area (Å²) in [5.41, 5.74) is -0.398. The molecule has 6 nitrogen and oxygen atoms in total. The number of Topliss-reactive ketones (excluding diaryl/α,β-unsaturated/α-hetero) is 1. The van der Waals surface area contributed by atoms with Gasteiger partial charge >= 0.3 is 5.97 Å². The molecule has 2 aromatic rings. The number of aliphatic hydroxyl groups excluding tert-OH is 1. The molecule has 0 unspecified atom stereocenters. The number of esters is 1. The van der Waals surface area contributed by atoms with Gasteiger partial charge in [-0.2, -0.15) is 0 Å². The number of carbonyl (C=O) groups is 3. The molecule has 0 spiro atoms. The fraction of sp³-hybridized carbons (Fsp3) is 0.235. The molecule has 27 heavy (non-hydrogen) atoms. The van der Waals surface area contributed by atoms with Crippen molar-refractivity contribution in [1.29, 1.82) is 0 Å². The van der Waals surface area contributed by atoms with Crippen LogP contribution in [0, 0.1) is 5.82 Å². The Hall–Kier alpha value is -2.00. The van der Waals surface area contributed by atoms with Gasteiger partial charge in [-0.1, -0.05) is 23.2 Å². The highest BCUT2D eigenvalue weighted by molar-refractivity contribution is 7.18. The second-order valence-electron chi connectivity index (χ2n) is 5.45. The first-order valence-electron chi connectivity index (χ1n) is 7.58. The van der Waals surface area contributed by atoms with E-state index in [4.69, 9.17) is 27.9 Å². The van der Waals surface area contributed by atoms with Crippen molar-refractivity contribution in [2.45, 2.75) is 19.1 Å². The van der Waals surface area contributed by atoms with Crippen LogP contribution in [0.5, 0.6) is 0 Å². The van der Waals surface area contributed by atoms with Crippen LogP contribution in [0.2, 0.25) is 9.36 Å². The Labute approximate surface area is 167 Å². The number of aliphatic hydroxyl groups is 1. The molecule has 1 heterocycles. The molecule has 10 heteroatoms. The molecule has 0 aliphatic heterocycles. The number of nitrogens with one attached hydrogen (secondary N) is 1. The number of ketones is 1. The maximum Gasteiger partial charge on any atom is 0.331 e. The van der Waals surface area contributed by atoms with Crippen molar-refractivity contribution in [3.63, 3.8) is 0 Å². The molecular formula is C17H14Cl2FNO5S. The maximum atomic E-state index is 13.8. The van der Waals surface area contributed by atoms with Gasteiger partial charge in [-0.05, 0) is 37.3 Å². The minimum atomic E-state index is -1.50. The van der Waals surface area contributed by atoms with E-state index in [0.29, 0.717) is 9.21 Å². The third-order valence-corrected chi connectivity index (χ3v) is 4.90. The number of hydrogen-bond donors (Lipinski definition) is 2. The molecule has 0 saturated carbocycles. The fourth-order valence-corrected chi connectivity index (χ4v) is 3.17. The summed E-state index contributed by atoms with van der Waals surface area (Å²) in [6.45, 7) is 0.641. The molecule has 1 aromatic heterocycles. The number of hydrogen-bond acceptors (Lipinski definition) is 6. The van der Waals surface area contributed by atoms with Crippen molar-refractivity contribution in [3.05, 3.63) is 55.9 Å². The number of amides is 1. The normalized spacial score (nSPS) is 12.9. The third-order valence-electron chi connectivity index (χ3n) is 3.39. The van der Waals surface area contributed by atoms with E-state index >= 15 is 0 Å². The second kappa shape index (κ2) is 9.27. The first-order chi connectivity index (χ1) is 12.7. The van der Waals surface area contributed by atoms with Crippen molar-refractivity contribution >= 4 is 52.2 Å². The first kappa shape index (κ1) is 21.3. The number of halogens is 3. The van der Waals surface area contributed by atoms with E-state index in [1.807, 2.05) is 0 Å². The van der Waals surface area contributed by atoms with Crippen LogP contribution in [0.1, 0.15) is 27.0 Å².